The molecule has 14 heavy (non-hydrogen) atoms. The smallest absolute Gasteiger partial charge is 0.285 e. The summed E-state index contributed by atoms with van der Waals surface area (Å²) in [7, 11) is 0. The highest BCUT2D eigenvalue weighted by molar-refractivity contribution is 5.96. The molecule has 0 atom stereocenters. The van der Waals surface area contributed by atoms with E-state index in [9.17, 15) is 4.79 Å². The standard InChI is InChI=1S/C10H11N3O/c1-7(14)12-13-6-8-4-2-3-5-9(8)10(13)11/h2-5,11H,6H2,1H3,(H,12,14)/p+1. The zero-order valence-corrected chi connectivity index (χ0v) is 7.95. The van der Waals surface area contributed by atoms with Crippen LogP contribution in [0, 0.1) is 0 Å². The van der Waals surface area contributed by atoms with Crippen molar-refractivity contribution in [3.05, 3.63) is 35.4 Å². The normalized spacial score (nSPS) is 14.1. The fourth-order valence-corrected chi connectivity index (χ4v) is 1.60. The molecule has 0 aliphatic carbocycles. The number of hydrogen-bond donors (Lipinski definition) is 2. The predicted molar refractivity (Wildman–Crippen MR) is 52.5 cm³/mol. The number of nitrogens with zero attached hydrogens (tertiary/aromatic N) is 1. The molecule has 2 rings (SSSR count). The van der Waals surface area contributed by atoms with Gasteiger partial charge >= 0.3 is 0 Å². The van der Waals surface area contributed by atoms with Crippen LogP contribution >= 0.6 is 0 Å². The molecule has 0 saturated heterocycles. The summed E-state index contributed by atoms with van der Waals surface area (Å²) in [5.74, 6) is 0.497. The third kappa shape index (κ3) is 1.35. The van der Waals surface area contributed by atoms with Crippen LogP contribution < -0.4 is 11.2 Å². The fraction of sp³-hybridized carbons (Fsp3) is 0.200. The second kappa shape index (κ2) is 3.14. The van der Waals surface area contributed by atoms with Gasteiger partial charge in [0, 0.05) is 12.5 Å². The molecule has 1 aliphatic heterocycles. The van der Waals surface area contributed by atoms with Crippen molar-refractivity contribution in [2.24, 2.45) is 5.73 Å². The Morgan fingerprint density at radius 3 is 2.86 bits per heavy atom. The van der Waals surface area contributed by atoms with Crippen LogP contribution in [0.2, 0.25) is 0 Å². The maximum atomic E-state index is 10.9. The number of hydrazine groups is 1. The Bertz CT molecular complexity index is 423. The number of rotatable bonds is 1. The number of amides is 1. The molecular weight excluding hydrogens is 178 g/mol. The van der Waals surface area contributed by atoms with Gasteiger partial charge in [-0.2, -0.15) is 10.1 Å². The van der Waals surface area contributed by atoms with Gasteiger partial charge in [-0.1, -0.05) is 18.2 Å². The largest absolute Gasteiger partial charge is 0.299 e. The first-order chi connectivity index (χ1) is 6.68. The molecule has 4 nitrogen and oxygen atoms in total. The van der Waals surface area contributed by atoms with Gasteiger partial charge in [0.15, 0.2) is 0 Å². The van der Waals surface area contributed by atoms with Gasteiger partial charge in [0.25, 0.3) is 11.7 Å². The van der Waals surface area contributed by atoms with Gasteiger partial charge in [0.1, 0.15) is 6.54 Å². The number of nitrogens with two attached hydrogens (primary N) is 1. The van der Waals surface area contributed by atoms with Crippen molar-refractivity contribution in [3.63, 3.8) is 0 Å². The number of benzene rings is 1. The van der Waals surface area contributed by atoms with Crippen molar-refractivity contribution in [3.8, 4) is 0 Å². The lowest BCUT2D eigenvalue weighted by atomic mass is 10.1. The second-order valence-electron chi connectivity index (χ2n) is 3.30. The fourth-order valence-electron chi connectivity index (χ4n) is 1.60. The molecule has 72 valence electrons. The highest BCUT2D eigenvalue weighted by Gasteiger charge is 2.24. The Labute approximate surface area is 82.0 Å². The number of amidine groups is 1. The topological polar surface area (TPSA) is 58.1 Å². The summed E-state index contributed by atoms with van der Waals surface area (Å²) >= 11 is 0. The molecule has 1 amide bonds. The summed E-state index contributed by atoms with van der Waals surface area (Å²) in [6.07, 6.45) is 0. The summed E-state index contributed by atoms with van der Waals surface area (Å²) in [5.41, 5.74) is 10.7. The summed E-state index contributed by atoms with van der Waals surface area (Å²) < 4.78 is 1.66. The molecule has 0 aromatic heterocycles. The molecule has 0 bridgehead atoms. The summed E-state index contributed by atoms with van der Waals surface area (Å²) in [6, 6.07) is 7.85. The zero-order chi connectivity index (χ0) is 10.1. The zero-order valence-electron chi connectivity index (χ0n) is 7.95. The first-order valence-electron chi connectivity index (χ1n) is 4.44. The lowest BCUT2D eigenvalue weighted by molar-refractivity contribution is -0.585. The van der Waals surface area contributed by atoms with Gasteiger partial charge in [0.2, 0.25) is 0 Å². The van der Waals surface area contributed by atoms with Crippen LogP contribution in [0.5, 0.6) is 0 Å². The van der Waals surface area contributed by atoms with Gasteiger partial charge < -0.3 is 0 Å². The van der Waals surface area contributed by atoms with E-state index in [1.165, 1.54) is 6.92 Å². The van der Waals surface area contributed by atoms with Crippen LogP contribution in [0.4, 0.5) is 0 Å². The summed E-state index contributed by atoms with van der Waals surface area (Å²) in [6.45, 7) is 2.11. The first kappa shape index (κ1) is 8.74. The molecule has 1 aliphatic rings. The molecule has 4 heteroatoms. The molecular formula is C10H12N3O+. The minimum absolute atomic E-state index is 0.110. The Morgan fingerprint density at radius 1 is 1.50 bits per heavy atom. The lowest BCUT2D eigenvalue weighted by Crippen LogP contribution is -2.37. The lowest BCUT2D eigenvalue weighted by Gasteiger charge is -2.00. The molecule has 0 radical (unpaired) electrons. The van der Waals surface area contributed by atoms with E-state index in [0.717, 1.165) is 11.1 Å². The molecule has 1 aromatic carbocycles. The molecule has 0 unspecified atom stereocenters. The van der Waals surface area contributed by atoms with E-state index in [1.807, 2.05) is 24.3 Å². The summed E-state index contributed by atoms with van der Waals surface area (Å²) in [5, 5.41) is 0. The number of nitrogens with one attached hydrogen (secondary N) is 1. The van der Waals surface area contributed by atoms with Crippen LogP contribution in [-0.2, 0) is 11.3 Å². The Balaban J connectivity index is 2.34. The first-order valence-corrected chi connectivity index (χ1v) is 4.44. The SMILES string of the molecule is CC(=O)N[N+]1=C(N)c2ccccc2C1. The second-order valence-corrected chi connectivity index (χ2v) is 3.30. The van der Waals surface area contributed by atoms with Crippen LogP contribution in [0.15, 0.2) is 24.3 Å². The van der Waals surface area contributed by atoms with Crippen LogP contribution in [0.1, 0.15) is 18.1 Å². The van der Waals surface area contributed by atoms with Gasteiger partial charge in [0.05, 0.1) is 5.56 Å². The minimum Gasteiger partial charge on any atom is -0.285 e. The van der Waals surface area contributed by atoms with Gasteiger partial charge in [-0.25, -0.2) is 0 Å². The van der Waals surface area contributed by atoms with Crippen molar-refractivity contribution in [2.75, 3.05) is 0 Å². The van der Waals surface area contributed by atoms with Crippen molar-refractivity contribution in [1.29, 1.82) is 0 Å². The van der Waals surface area contributed by atoms with Gasteiger partial charge in [-0.3, -0.25) is 10.5 Å². The average molecular weight is 190 g/mol. The van der Waals surface area contributed by atoms with Crippen molar-refractivity contribution in [1.82, 2.24) is 5.43 Å². The molecule has 0 spiro atoms. The van der Waals surface area contributed by atoms with Crippen molar-refractivity contribution in [2.45, 2.75) is 13.5 Å². The number of hydrogen-bond acceptors (Lipinski definition) is 2. The number of fused-ring (bicyclic) bond motifs is 1. The van der Waals surface area contributed by atoms with E-state index in [2.05, 4.69) is 5.43 Å². The molecule has 1 aromatic rings. The minimum atomic E-state index is -0.110. The number of hydrazone groups is 1. The van der Waals surface area contributed by atoms with Crippen LogP contribution in [0.3, 0.4) is 0 Å². The molecule has 1 heterocycles. The predicted octanol–water partition coefficient (Wildman–Crippen LogP) is -0.0309. The quantitative estimate of drug-likeness (QED) is 0.611. The third-order valence-electron chi connectivity index (χ3n) is 2.20. The van der Waals surface area contributed by atoms with E-state index < -0.39 is 0 Å². The van der Waals surface area contributed by atoms with Gasteiger partial charge in [-0.05, 0) is 6.07 Å². The van der Waals surface area contributed by atoms with E-state index in [-0.39, 0.29) is 5.91 Å². The van der Waals surface area contributed by atoms with E-state index in [1.54, 1.807) is 4.68 Å². The monoisotopic (exact) mass is 190 g/mol. The Morgan fingerprint density at radius 2 is 2.21 bits per heavy atom. The van der Waals surface area contributed by atoms with Gasteiger partial charge in [-0.15, -0.1) is 0 Å². The third-order valence-corrected chi connectivity index (χ3v) is 2.20. The molecule has 0 fully saturated rings. The number of carbonyl (C=O) groups excluding carboxylic acids is 1. The Kier molecular flexibility index (Phi) is 1.96. The van der Waals surface area contributed by atoms with Crippen LogP contribution in [0.25, 0.3) is 0 Å². The van der Waals surface area contributed by atoms with E-state index in [0.29, 0.717) is 12.4 Å². The Hall–Kier alpha value is -1.84. The van der Waals surface area contributed by atoms with E-state index >= 15 is 0 Å². The van der Waals surface area contributed by atoms with E-state index in [4.69, 9.17) is 5.73 Å². The highest BCUT2D eigenvalue weighted by atomic mass is 16.2. The van der Waals surface area contributed by atoms with Crippen molar-refractivity contribution >= 4 is 11.7 Å². The summed E-state index contributed by atoms with van der Waals surface area (Å²) in [4.78, 5) is 10.9. The highest BCUT2D eigenvalue weighted by Crippen LogP contribution is 2.14. The maximum absolute atomic E-state index is 10.9. The molecule has 3 N–H and O–H groups in total. The average Bonchev–Trinajstić information content (AvgIpc) is 2.44. The maximum Gasteiger partial charge on any atom is 0.299 e. The van der Waals surface area contributed by atoms with Crippen LogP contribution in [-0.4, -0.2) is 16.4 Å². The van der Waals surface area contributed by atoms with Crippen molar-refractivity contribution < 1.29 is 9.48 Å². The molecule has 0 saturated carbocycles. The number of carbonyl (C=O) groups is 1.